The van der Waals surface area contributed by atoms with E-state index in [1.165, 1.54) is 18.2 Å². The molecule has 0 fully saturated rings. The van der Waals surface area contributed by atoms with Crippen LogP contribution in [0.15, 0.2) is 18.2 Å². The van der Waals surface area contributed by atoms with Gasteiger partial charge in [-0.2, -0.15) is 0 Å². The molecule has 0 spiro atoms. The van der Waals surface area contributed by atoms with E-state index in [-0.39, 0.29) is 11.9 Å². The summed E-state index contributed by atoms with van der Waals surface area (Å²) < 4.78 is 45.0. The number of aryl methyl sites for hydroxylation is 1. The van der Waals surface area contributed by atoms with Crippen molar-refractivity contribution in [1.82, 2.24) is 0 Å². The zero-order valence-corrected chi connectivity index (χ0v) is 9.26. The van der Waals surface area contributed by atoms with Gasteiger partial charge in [0.05, 0.1) is 6.10 Å². The number of benzene rings is 1. The number of hydrogen-bond acceptors (Lipinski definition) is 2. The molecule has 0 aromatic heterocycles. The molecule has 0 unspecified atom stereocenters. The summed E-state index contributed by atoms with van der Waals surface area (Å²) in [5, 5.41) is 0. The van der Waals surface area contributed by atoms with Crippen LogP contribution in [0.3, 0.4) is 0 Å². The maximum atomic E-state index is 11.9. The SMILES string of the molecule is Cc1cc(OC(F)(F)F)ccc1OC(C)C. The zero-order valence-electron chi connectivity index (χ0n) is 9.26. The highest BCUT2D eigenvalue weighted by molar-refractivity contribution is 5.39. The van der Waals surface area contributed by atoms with Crippen LogP contribution in [-0.4, -0.2) is 12.5 Å². The summed E-state index contributed by atoms with van der Waals surface area (Å²) in [6.07, 6.45) is -4.68. The van der Waals surface area contributed by atoms with Crippen LogP contribution in [0.2, 0.25) is 0 Å². The fourth-order valence-electron chi connectivity index (χ4n) is 1.21. The van der Waals surface area contributed by atoms with Gasteiger partial charge in [0.1, 0.15) is 11.5 Å². The Balaban J connectivity index is 2.83. The first kappa shape index (κ1) is 12.7. The molecular formula is C11H13F3O2. The van der Waals surface area contributed by atoms with Crippen LogP contribution in [0.4, 0.5) is 13.2 Å². The van der Waals surface area contributed by atoms with Gasteiger partial charge in [-0.3, -0.25) is 0 Å². The van der Waals surface area contributed by atoms with Gasteiger partial charge in [0.2, 0.25) is 0 Å². The van der Waals surface area contributed by atoms with Gasteiger partial charge in [0, 0.05) is 0 Å². The first-order valence-corrected chi connectivity index (χ1v) is 4.81. The summed E-state index contributed by atoms with van der Waals surface area (Å²) in [5.41, 5.74) is 0.607. The number of halogens is 3. The average molecular weight is 234 g/mol. The summed E-state index contributed by atoms with van der Waals surface area (Å²) in [4.78, 5) is 0. The second-order valence-electron chi connectivity index (χ2n) is 3.64. The fraction of sp³-hybridized carbons (Fsp3) is 0.455. The summed E-state index contributed by atoms with van der Waals surface area (Å²) in [5.74, 6) is 0.325. The number of hydrogen-bond donors (Lipinski definition) is 0. The molecular weight excluding hydrogens is 221 g/mol. The van der Waals surface area contributed by atoms with E-state index in [9.17, 15) is 13.2 Å². The van der Waals surface area contributed by atoms with E-state index in [0.717, 1.165) is 0 Å². The molecule has 1 aromatic rings. The van der Waals surface area contributed by atoms with Crippen LogP contribution in [-0.2, 0) is 0 Å². The quantitative estimate of drug-likeness (QED) is 0.794. The summed E-state index contributed by atoms with van der Waals surface area (Å²) in [6.45, 7) is 5.36. The zero-order chi connectivity index (χ0) is 12.3. The van der Waals surface area contributed by atoms with Crippen LogP contribution >= 0.6 is 0 Å². The van der Waals surface area contributed by atoms with Crippen LogP contribution < -0.4 is 9.47 Å². The van der Waals surface area contributed by atoms with E-state index < -0.39 is 6.36 Å². The van der Waals surface area contributed by atoms with E-state index in [2.05, 4.69) is 4.74 Å². The Morgan fingerprint density at radius 2 is 1.81 bits per heavy atom. The maximum absolute atomic E-state index is 11.9. The molecule has 0 aliphatic rings. The lowest BCUT2D eigenvalue weighted by Crippen LogP contribution is -2.17. The van der Waals surface area contributed by atoms with Gasteiger partial charge in [0.25, 0.3) is 0 Å². The van der Waals surface area contributed by atoms with Crippen molar-refractivity contribution in [3.63, 3.8) is 0 Å². The highest BCUT2D eigenvalue weighted by Crippen LogP contribution is 2.28. The molecule has 90 valence electrons. The summed E-state index contributed by atoms with van der Waals surface area (Å²) in [7, 11) is 0. The maximum Gasteiger partial charge on any atom is 0.573 e. The summed E-state index contributed by atoms with van der Waals surface area (Å²) in [6, 6.07) is 4.00. The third-order valence-electron chi connectivity index (χ3n) is 1.74. The highest BCUT2D eigenvalue weighted by Gasteiger charge is 2.31. The Kier molecular flexibility index (Phi) is 3.67. The predicted molar refractivity (Wildman–Crippen MR) is 53.6 cm³/mol. The molecule has 0 heterocycles. The molecule has 0 atom stereocenters. The molecule has 16 heavy (non-hydrogen) atoms. The molecule has 1 rings (SSSR count). The molecule has 0 radical (unpaired) electrons. The Hall–Kier alpha value is -1.39. The normalized spacial score (nSPS) is 11.7. The Labute approximate surface area is 92.0 Å². The third-order valence-corrected chi connectivity index (χ3v) is 1.74. The van der Waals surface area contributed by atoms with E-state index in [0.29, 0.717) is 11.3 Å². The van der Waals surface area contributed by atoms with Crippen molar-refractivity contribution in [3.8, 4) is 11.5 Å². The fourth-order valence-corrected chi connectivity index (χ4v) is 1.21. The van der Waals surface area contributed by atoms with Gasteiger partial charge in [0.15, 0.2) is 0 Å². The van der Waals surface area contributed by atoms with Crippen molar-refractivity contribution in [2.45, 2.75) is 33.2 Å². The number of rotatable bonds is 3. The van der Waals surface area contributed by atoms with Crippen molar-refractivity contribution in [2.24, 2.45) is 0 Å². The molecule has 0 aliphatic carbocycles. The first-order valence-electron chi connectivity index (χ1n) is 4.81. The molecule has 1 aromatic carbocycles. The van der Waals surface area contributed by atoms with Crippen molar-refractivity contribution in [3.05, 3.63) is 23.8 Å². The van der Waals surface area contributed by atoms with Crippen molar-refractivity contribution in [2.75, 3.05) is 0 Å². The molecule has 2 nitrogen and oxygen atoms in total. The van der Waals surface area contributed by atoms with Crippen LogP contribution in [0, 0.1) is 6.92 Å². The number of alkyl halides is 3. The first-order chi connectivity index (χ1) is 7.28. The van der Waals surface area contributed by atoms with Gasteiger partial charge in [-0.1, -0.05) is 0 Å². The van der Waals surface area contributed by atoms with Gasteiger partial charge < -0.3 is 9.47 Å². The lowest BCUT2D eigenvalue weighted by Gasteiger charge is -2.14. The highest BCUT2D eigenvalue weighted by atomic mass is 19.4. The third kappa shape index (κ3) is 4.00. The van der Waals surface area contributed by atoms with Gasteiger partial charge in [-0.25, -0.2) is 0 Å². The van der Waals surface area contributed by atoms with Gasteiger partial charge >= 0.3 is 6.36 Å². The average Bonchev–Trinajstić information content (AvgIpc) is 2.06. The van der Waals surface area contributed by atoms with Crippen LogP contribution in [0.5, 0.6) is 11.5 Å². The van der Waals surface area contributed by atoms with E-state index in [1.807, 2.05) is 13.8 Å². The summed E-state index contributed by atoms with van der Waals surface area (Å²) >= 11 is 0. The minimum atomic E-state index is -4.66. The minimum Gasteiger partial charge on any atom is -0.491 e. The van der Waals surface area contributed by atoms with E-state index >= 15 is 0 Å². The molecule has 0 bridgehead atoms. The number of ether oxygens (including phenoxy) is 2. The monoisotopic (exact) mass is 234 g/mol. The van der Waals surface area contributed by atoms with E-state index in [1.54, 1.807) is 6.92 Å². The second-order valence-corrected chi connectivity index (χ2v) is 3.64. The molecule has 0 N–H and O–H groups in total. The van der Waals surface area contributed by atoms with Crippen molar-refractivity contribution < 1.29 is 22.6 Å². The van der Waals surface area contributed by atoms with Gasteiger partial charge in [-0.15, -0.1) is 13.2 Å². The molecule has 0 saturated carbocycles. The molecule has 5 heteroatoms. The lowest BCUT2D eigenvalue weighted by atomic mass is 10.2. The Morgan fingerprint density at radius 3 is 2.25 bits per heavy atom. The van der Waals surface area contributed by atoms with Crippen LogP contribution in [0.25, 0.3) is 0 Å². The minimum absolute atomic E-state index is 0.0203. The van der Waals surface area contributed by atoms with Crippen molar-refractivity contribution >= 4 is 0 Å². The molecule has 0 saturated heterocycles. The Bertz CT molecular complexity index is 359. The lowest BCUT2D eigenvalue weighted by molar-refractivity contribution is -0.274. The Morgan fingerprint density at radius 1 is 1.19 bits per heavy atom. The molecule has 0 aliphatic heterocycles. The van der Waals surface area contributed by atoms with Crippen LogP contribution in [0.1, 0.15) is 19.4 Å². The topological polar surface area (TPSA) is 18.5 Å². The molecule has 0 amide bonds. The van der Waals surface area contributed by atoms with Crippen molar-refractivity contribution in [1.29, 1.82) is 0 Å². The standard InChI is InChI=1S/C11H13F3O2/c1-7(2)15-10-5-4-9(6-8(10)3)16-11(12,13)14/h4-7H,1-3H3. The smallest absolute Gasteiger partial charge is 0.491 e. The second kappa shape index (κ2) is 4.63. The largest absolute Gasteiger partial charge is 0.573 e. The van der Waals surface area contributed by atoms with E-state index in [4.69, 9.17) is 4.74 Å². The predicted octanol–water partition coefficient (Wildman–Crippen LogP) is 3.68. The van der Waals surface area contributed by atoms with Gasteiger partial charge in [-0.05, 0) is 44.5 Å².